The molecular weight excluding hydrogens is 212 g/mol. The summed E-state index contributed by atoms with van der Waals surface area (Å²) in [5.41, 5.74) is 7.54. The summed E-state index contributed by atoms with van der Waals surface area (Å²) >= 11 is 0. The number of hydrogen-bond acceptors (Lipinski definition) is 3. The summed E-state index contributed by atoms with van der Waals surface area (Å²) in [5.74, 6) is 1.57. The van der Waals surface area contributed by atoms with Crippen LogP contribution in [0.25, 0.3) is 0 Å². The molecule has 2 aliphatic rings. The van der Waals surface area contributed by atoms with Crippen LogP contribution in [0.2, 0.25) is 0 Å². The number of rotatable bonds is 2. The summed E-state index contributed by atoms with van der Waals surface area (Å²) in [5, 5.41) is 4.23. The number of aromatic nitrogens is 2. The van der Waals surface area contributed by atoms with Gasteiger partial charge in [0.2, 0.25) is 0 Å². The van der Waals surface area contributed by atoms with Crippen molar-refractivity contribution in [3.05, 3.63) is 18.0 Å². The van der Waals surface area contributed by atoms with E-state index in [2.05, 4.69) is 16.1 Å². The lowest BCUT2D eigenvalue weighted by Gasteiger charge is -2.29. The van der Waals surface area contributed by atoms with Crippen molar-refractivity contribution in [3.63, 3.8) is 0 Å². The van der Waals surface area contributed by atoms with Gasteiger partial charge in [0.05, 0.1) is 5.69 Å². The van der Waals surface area contributed by atoms with E-state index < -0.39 is 0 Å². The van der Waals surface area contributed by atoms with Crippen LogP contribution in [-0.4, -0.2) is 33.8 Å². The Morgan fingerprint density at radius 2 is 2.29 bits per heavy atom. The smallest absolute Gasteiger partial charge is 0.0521 e. The Hall–Kier alpha value is -0.870. The maximum Gasteiger partial charge on any atom is 0.0521 e. The van der Waals surface area contributed by atoms with E-state index >= 15 is 0 Å². The summed E-state index contributed by atoms with van der Waals surface area (Å²) in [6.45, 7) is 3.43. The second-order valence-corrected chi connectivity index (χ2v) is 5.66. The minimum absolute atomic E-state index is 0.435. The maximum atomic E-state index is 6.24. The number of fused-ring (bicyclic) bond motifs is 1. The molecule has 4 heteroatoms. The molecule has 2 N–H and O–H groups in total. The van der Waals surface area contributed by atoms with Gasteiger partial charge in [0.1, 0.15) is 0 Å². The summed E-state index contributed by atoms with van der Waals surface area (Å²) in [4.78, 5) is 2.55. The SMILES string of the molecule is Cn1nccc1CN1CC2CCCC(N)C2C1. The summed E-state index contributed by atoms with van der Waals surface area (Å²) in [7, 11) is 2.02. The van der Waals surface area contributed by atoms with Crippen LogP contribution in [0.4, 0.5) is 0 Å². The summed E-state index contributed by atoms with van der Waals surface area (Å²) < 4.78 is 1.97. The van der Waals surface area contributed by atoms with E-state index in [0.717, 1.165) is 18.4 Å². The highest BCUT2D eigenvalue weighted by Crippen LogP contribution is 2.35. The Balaban J connectivity index is 1.65. The fraction of sp³-hybridized carbons (Fsp3) is 0.769. The molecule has 1 aromatic heterocycles. The molecule has 4 nitrogen and oxygen atoms in total. The molecule has 0 radical (unpaired) electrons. The lowest BCUT2D eigenvalue weighted by Crippen LogP contribution is -2.38. The van der Waals surface area contributed by atoms with Crippen molar-refractivity contribution in [2.75, 3.05) is 13.1 Å². The zero-order valence-electron chi connectivity index (χ0n) is 10.5. The molecule has 1 saturated carbocycles. The standard InChI is InChI=1S/C13H22N4/c1-16-11(5-6-15-16)8-17-7-10-3-2-4-13(14)12(10)9-17/h5-6,10,12-13H,2-4,7-9,14H2,1H3. The third-order valence-corrected chi connectivity index (χ3v) is 4.54. The molecule has 0 aromatic carbocycles. The van der Waals surface area contributed by atoms with Crippen molar-refractivity contribution < 1.29 is 0 Å². The van der Waals surface area contributed by atoms with Gasteiger partial charge in [0.25, 0.3) is 0 Å². The van der Waals surface area contributed by atoms with Gasteiger partial charge in [-0.1, -0.05) is 6.42 Å². The molecule has 2 heterocycles. The molecule has 3 rings (SSSR count). The molecule has 3 atom stereocenters. The molecule has 0 spiro atoms. The van der Waals surface area contributed by atoms with Gasteiger partial charge in [-0.3, -0.25) is 9.58 Å². The average molecular weight is 234 g/mol. The monoisotopic (exact) mass is 234 g/mol. The van der Waals surface area contributed by atoms with Gasteiger partial charge < -0.3 is 5.73 Å². The van der Waals surface area contributed by atoms with Crippen molar-refractivity contribution in [3.8, 4) is 0 Å². The number of hydrogen-bond donors (Lipinski definition) is 1. The lowest BCUT2D eigenvalue weighted by atomic mass is 9.78. The summed E-state index contributed by atoms with van der Waals surface area (Å²) in [6.07, 6.45) is 5.80. The fourth-order valence-corrected chi connectivity index (χ4v) is 3.52. The Morgan fingerprint density at radius 1 is 1.41 bits per heavy atom. The van der Waals surface area contributed by atoms with Gasteiger partial charge in [-0.05, 0) is 30.7 Å². The van der Waals surface area contributed by atoms with Crippen molar-refractivity contribution in [1.82, 2.24) is 14.7 Å². The molecule has 1 aliphatic carbocycles. The van der Waals surface area contributed by atoms with Crippen molar-refractivity contribution in [2.45, 2.75) is 31.8 Å². The topological polar surface area (TPSA) is 47.1 Å². The largest absolute Gasteiger partial charge is 0.327 e. The Kier molecular flexibility index (Phi) is 2.92. The molecule has 0 amide bonds. The van der Waals surface area contributed by atoms with Crippen LogP contribution in [0.5, 0.6) is 0 Å². The third-order valence-electron chi connectivity index (χ3n) is 4.54. The number of likely N-dealkylation sites (tertiary alicyclic amines) is 1. The molecule has 1 saturated heterocycles. The molecule has 17 heavy (non-hydrogen) atoms. The van der Waals surface area contributed by atoms with Gasteiger partial charge in [-0.2, -0.15) is 5.10 Å². The Bertz CT molecular complexity index is 387. The average Bonchev–Trinajstić information content (AvgIpc) is 2.87. The highest BCUT2D eigenvalue weighted by molar-refractivity contribution is 5.02. The molecule has 2 fully saturated rings. The first-order valence-corrected chi connectivity index (χ1v) is 6.69. The Morgan fingerprint density at radius 3 is 3.00 bits per heavy atom. The minimum atomic E-state index is 0.435. The molecule has 1 aliphatic heterocycles. The van der Waals surface area contributed by atoms with Crippen LogP contribution < -0.4 is 5.73 Å². The third kappa shape index (κ3) is 2.11. The predicted molar refractivity (Wildman–Crippen MR) is 67.3 cm³/mol. The van der Waals surface area contributed by atoms with Gasteiger partial charge in [0, 0.05) is 38.9 Å². The number of nitrogens with zero attached hydrogens (tertiary/aromatic N) is 3. The lowest BCUT2D eigenvalue weighted by molar-refractivity contribution is 0.259. The molecule has 1 aromatic rings. The van der Waals surface area contributed by atoms with Crippen LogP contribution in [0, 0.1) is 11.8 Å². The quantitative estimate of drug-likeness (QED) is 0.830. The van der Waals surface area contributed by atoms with Crippen LogP contribution in [0.3, 0.4) is 0 Å². The second-order valence-electron chi connectivity index (χ2n) is 5.66. The van der Waals surface area contributed by atoms with Crippen LogP contribution >= 0.6 is 0 Å². The number of aryl methyl sites for hydroxylation is 1. The fourth-order valence-electron chi connectivity index (χ4n) is 3.52. The second kappa shape index (κ2) is 4.42. The van der Waals surface area contributed by atoms with Gasteiger partial charge >= 0.3 is 0 Å². The van der Waals surface area contributed by atoms with E-state index in [-0.39, 0.29) is 0 Å². The normalized spacial score (nSPS) is 33.9. The molecule has 94 valence electrons. The summed E-state index contributed by atoms with van der Waals surface area (Å²) in [6, 6.07) is 2.55. The van der Waals surface area contributed by atoms with Gasteiger partial charge in [0.15, 0.2) is 0 Å². The van der Waals surface area contributed by atoms with E-state index in [4.69, 9.17) is 5.73 Å². The van der Waals surface area contributed by atoms with E-state index in [0.29, 0.717) is 6.04 Å². The minimum Gasteiger partial charge on any atom is -0.327 e. The zero-order valence-corrected chi connectivity index (χ0v) is 10.5. The van der Waals surface area contributed by atoms with Crippen molar-refractivity contribution in [2.24, 2.45) is 24.6 Å². The first-order valence-electron chi connectivity index (χ1n) is 6.69. The van der Waals surface area contributed by atoms with Gasteiger partial charge in [-0.25, -0.2) is 0 Å². The molecular formula is C13H22N4. The molecule has 3 unspecified atom stereocenters. The maximum absolute atomic E-state index is 6.24. The van der Waals surface area contributed by atoms with E-state index in [1.165, 1.54) is 38.0 Å². The van der Waals surface area contributed by atoms with E-state index in [1.807, 2.05) is 17.9 Å². The highest BCUT2D eigenvalue weighted by Gasteiger charge is 2.38. The first kappa shape index (κ1) is 11.2. The van der Waals surface area contributed by atoms with E-state index in [9.17, 15) is 0 Å². The van der Waals surface area contributed by atoms with Crippen LogP contribution in [-0.2, 0) is 13.6 Å². The predicted octanol–water partition coefficient (Wildman–Crippen LogP) is 0.979. The zero-order chi connectivity index (χ0) is 11.8. The first-order chi connectivity index (χ1) is 8.24. The highest BCUT2D eigenvalue weighted by atomic mass is 15.3. The van der Waals surface area contributed by atoms with Crippen LogP contribution in [0.1, 0.15) is 25.0 Å². The molecule has 0 bridgehead atoms. The van der Waals surface area contributed by atoms with Gasteiger partial charge in [-0.15, -0.1) is 0 Å². The van der Waals surface area contributed by atoms with Crippen LogP contribution in [0.15, 0.2) is 12.3 Å². The van der Waals surface area contributed by atoms with Crippen molar-refractivity contribution >= 4 is 0 Å². The van der Waals surface area contributed by atoms with E-state index in [1.54, 1.807) is 0 Å². The van der Waals surface area contributed by atoms with Crippen molar-refractivity contribution in [1.29, 1.82) is 0 Å². The Labute approximate surface area is 103 Å². The number of nitrogens with two attached hydrogens (primary N) is 1.